The van der Waals surface area contributed by atoms with Gasteiger partial charge in [-0.1, -0.05) is 6.08 Å². The molecule has 0 radical (unpaired) electrons. The molecule has 0 bridgehead atoms. The average molecular weight is 317 g/mol. The van der Waals surface area contributed by atoms with Crippen molar-refractivity contribution in [1.82, 2.24) is 5.32 Å². The first kappa shape index (κ1) is 16.6. The van der Waals surface area contributed by atoms with E-state index in [1.807, 2.05) is 0 Å². The van der Waals surface area contributed by atoms with E-state index in [1.54, 1.807) is 44.4 Å². The molecule has 2 rings (SSSR count). The Hall–Kier alpha value is -2.76. The molecule has 0 saturated carbocycles. The minimum absolute atomic E-state index is 0.362. The predicted molar refractivity (Wildman–Crippen MR) is 83.8 cm³/mol. The van der Waals surface area contributed by atoms with Crippen LogP contribution in [0.15, 0.2) is 51.4 Å². The highest BCUT2D eigenvalue weighted by Crippen LogP contribution is 2.32. The number of carbonyl (C=O) groups is 2. The molecule has 0 amide bonds. The maximum atomic E-state index is 12.2. The van der Waals surface area contributed by atoms with Gasteiger partial charge in [-0.2, -0.15) is 0 Å². The zero-order valence-electron chi connectivity index (χ0n) is 13.5. The maximum Gasteiger partial charge on any atom is 0.336 e. The molecule has 0 spiro atoms. The van der Waals surface area contributed by atoms with Crippen molar-refractivity contribution in [3.63, 3.8) is 0 Å². The third-order valence-corrected chi connectivity index (χ3v) is 3.61. The van der Waals surface area contributed by atoms with E-state index < -0.39 is 17.9 Å². The number of furan rings is 1. The largest absolute Gasteiger partial charge is 0.466 e. The SMILES string of the molecule is COC(=O)C1=C(C)NC(C)=C(C(=O)OC)C1/C=C/c1ccco1. The summed E-state index contributed by atoms with van der Waals surface area (Å²) in [7, 11) is 2.61. The molecule has 6 nitrogen and oxygen atoms in total. The van der Waals surface area contributed by atoms with Crippen molar-refractivity contribution in [2.75, 3.05) is 14.2 Å². The highest BCUT2D eigenvalue weighted by molar-refractivity contribution is 5.98. The summed E-state index contributed by atoms with van der Waals surface area (Å²) >= 11 is 0. The van der Waals surface area contributed by atoms with E-state index in [0.29, 0.717) is 28.3 Å². The van der Waals surface area contributed by atoms with Gasteiger partial charge in [-0.15, -0.1) is 0 Å². The molecule has 1 aliphatic rings. The van der Waals surface area contributed by atoms with Crippen LogP contribution in [0.5, 0.6) is 0 Å². The average Bonchev–Trinajstić information content (AvgIpc) is 3.04. The minimum atomic E-state index is -0.582. The molecule has 1 aromatic heterocycles. The topological polar surface area (TPSA) is 77.8 Å². The van der Waals surface area contributed by atoms with E-state index in [1.165, 1.54) is 14.2 Å². The quantitative estimate of drug-likeness (QED) is 0.859. The Morgan fingerprint density at radius 3 is 2.13 bits per heavy atom. The molecular weight excluding hydrogens is 298 g/mol. The molecule has 0 fully saturated rings. The highest BCUT2D eigenvalue weighted by atomic mass is 16.5. The van der Waals surface area contributed by atoms with Crippen LogP contribution in [0.3, 0.4) is 0 Å². The van der Waals surface area contributed by atoms with Crippen LogP contribution in [0, 0.1) is 5.92 Å². The van der Waals surface area contributed by atoms with Gasteiger partial charge in [0.2, 0.25) is 0 Å². The Balaban J connectivity index is 2.50. The lowest BCUT2D eigenvalue weighted by molar-refractivity contribution is -0.137. The summed E-state index contributed by atoms with van der Waals surface area (Å²) in [6.45, 7) is 3.52. The van der Waals surface area contributed by atoms with Crippen molar-refractivity contribution in [1.29, 1.82) is 0 Å². The van der Waals surface area contributed by atoms with Crippen LogP contribution in [-0.4, -0.2) is 26.2 Å². The second kappa shape index (κ2) is 7.00. The zero-order chi connectivity index (χ0) is 17.0. The van der Waals surface area contributed by atoms with Crippen molar-refractivity contribution >= 4 is 18.0 Å². The fraction of sp³-hybridized carbons (Fsp3) is 0.294. The van der Waals surface area contributed by atoms with Crippen LogP contribution in [0.4, 0.5) is 0 Å². The third kappa shape index (κ3) is 3.36. The van der Waals surface area contributed by atoms with Gasteiger partial charge in [0.25, 0.3) is 0 Å². The first-order valence-electron chi connectivity index (χ1n) is 7.06. The number of rotatable bonds is 4. The molecule has 2 heterocycles. The van der Waals surface area contributed by atoms with Gasteiger partial charge in [0.05, 0.1) is 31.6 Å². The van der Waals surface area contributed by atoms with Gasteiger partial charge < -0.3 is 19.2 Å². The summed E-state index contributed by atoms with van der Waals surface area (Å²) in [6, 6.07) is 3.53. The van der Waals surface area contributed by atoms with Gasteiger partial charge in [0, 0.05) is 17.3 Å². The molecule has 0 aliphatic carbocycles. The number of ether oxygens (including phenoxy) is 2. The summed E-state index contributed by atoms with van der Waals surface area (Å²) in [4.78, 5) is 24.3. The molecule has 0 atom stereocenters. The summed E-state index contributed by atoms with van der Waals surface area (Å²) in [5.41, 5.74) is 2.00. The molecule has 23 heavy (non-hydrogen) atoms. The second-order valence-electron chi connectivity index (χ2n) is 5.04. The molecule has 122 valence electrons. The number of hydrogen-bond acceptors (Lipinski definition) is 6. The maximum absolute atomic E-state index is 12.2. The molecule has 0 aromatic carbocycles. The lowest BCUT2D eigenvalue weighted by atomic mass is 9.85. The van der Waals surface area contributed by atoms with Crippen LogP contribution in [0.1, 0.15) is 19.6 Å². The lowest BCUT2D eigenvalue weighted by Gasteiger charge is -2.27. The normalized spacial score (nSPS) is 15.8. The Kier molecular flexibility index (Phi) is 5.05. The highest BCUT2D eigenvalue weighted by Gasteiger charge is 2.34. The number of esters is 2. The fourth-order valence-corrected chi connectivity index (χ4v) is 2.58. The van der Waals surface area contributed by atoms with Gasteiger partial charge in [0.15, 0.2) is 0 Å². The summed E-state index contributed by atoms with van der Waals surface area (Å²) in [5, 5.41) is 3.03. The standard InChI is InChI=1S/C17H19NO5/c1-10-14(16(19)21-3)13(8-7-12-6-5-9-23-12)15(11(2)18-10)17(20)22-4/h5-9,13,18H,1-4H3/b8-7+. The third-order valence-electron chi connectivity index (χ3n) is 3.61. The van der Waals surface area contributed by atoms with Crippen LogP contribution >= 0.6 is 0 Å². The Morgan fingerprint density at radius 2 is 1.70 bits per heavy atom. The van der Waals surface area contributed by atoms with Gasteiger partial charge in [-0.3, -0.25) is 0 Å². The number of carbonyl (C=O) groups excluding carboxylic acids is 2. The van der Waals surface area contributed by atoms with E-state index in [2.05, 4.69) is 5.32 Å². The van der Waals surface area contributed by atoms with Gasteiger partial charge in [-0.25, -0.2) is 9.59 Å². The summed E-state index contributed by atoms with van der Waals surface area (Å²) < 4.78 is 15.0. The summed E-state index contributed by atoms with van der Waals surface area (Å²) in [5.74, 6) is -0.968. The van der Waals surface area contributed by atoms with Crippen molar-refractivity contribution < 1.29 is 23.5 Å². The van der Waals surface area contributed by atoms with E-state index in [9.17, 15) is 9.59 Å². The molecule has 1 aliphatic heterocycles. The van der Waals surface area contributed by atoms with E-state index in [4.69, 9.17) is 13.9 Å². The zero-order valence-corrected chi connectivity index (χ0v) is 13.5. The van der Waals surface area contributed by atoms with Crippen molar-refractivity contribution in [2.45, 2.75) is 13.8 Å². The Morgan fingerprint density at radius 1 is 1.13 bits per heavy atom. The molecule has 0 saturated heterocycles. The van der Waals surface area contributed by atoms with Crippen molar-refractivity contribution in [3.8, 4) is 0 Å². The Bertz CT molecular complexity index is 657. The molecule has 1 aromatic rings. The molecule has 0 unspecified atom stereocenters. The van der Waals surface area contributed by atoms with Crippen molar-refractivity contribution in [2.24, 2.45) is 5.92 Å². The van der Waals surface area contributed by atoms with Gasteiger partial charge >= 0.3 is 11.9 Å². The van der Waals surface area contributed by atoms with Gasteiger partial charge in [0.1, 0.15) is 5.76 Å². The number of allylic oxidation sites excluding steroid dienone is 3. The first-order chi connectivity index (χ1) is 11.0. The minimum Gasteiger partial charge on any atom is -0.466 e. The molecular formula is C17H19NO5. The van der Waals surface area contributed by atoms with E-state index >= 15 is 0 Å². The monoisotopic (exact) mass is 317 g/mol. The lowest BCUT2D eigenvalue weighted by Crippen LogP contribution is -2.32. The van der Waals surface area contributed by atoms with Crippen LogP contribution < -0.4 is 5.32 Å². The van der Waals surface area contributed by atoms with Crippen LogP contribution in [0.2, 0.25) is 0 Å². The number of hydrogen-bond donors (Lipinski definition) is 1. The molecule has 1 N–H and O–H groups in total. The van der Waals surface area contributed by atoms with Crippen LogP contribution in [-0.2, 0) is 19.1 Å². The number of nitrogens with one attached hydrogen (secondary N) is 1. The van der Waals surface area contributed by atoms with E-state index in [0.717, 1.165) is 0 Å². The summed E-state index contributed by atoms with van der Waals surface area (Å²) in [6.07, 6.45) is 4.99. The predicted octanol–water partition coefficient (Wildman–Crippen LogP) is 2.41. The number of methoxy groups -OCH3 is 2. The number of dihydropyridines is 1. The fourth-order valence-electron chi connectivity index (χ4n) is 2.58. The molecule has 6 heteroatoms. The van der Waals surface area contributed by atoms with E-state index in [-0.39, 0.29) is 0 Å². The first-order valence-corrected chi connectivity index (χ1v) is 7.06. The Labute approximate surface area is 134 Å². The van der Waals surface area contributed by atoms with Gasteiger partial charge in [-0.05, 0) is 32.1 Å². The van der Waals surface area contributed by atoms with Crippen LogP contribution in [0.25, 0.3) is 6.08 Å². The smallest absolute Gasteiger partial charge is 0.336 e. The second-order valence-corrected chi connectivity index (χ2v) is 5.04. The van der Waals surface area contributed by atoms with Crippen molar-refractivity contribution in [3.05, 3.63) is 52.8 Å².